The van der Waals surface area contributed by atoms with Gasteiger partial charge in [-0.1, -0.05) is 31.9 Å². The van der Waals surface area contributed by atoms with E-state index < -0.39 is 5.54 Å². The predicted molar refractivity (Wildman–Crippen MR) is 80.9 cm³/mol. The lowest BCUT2D eigenvalue weighted by Crippen LogP contribution is -2.51. The Kier molecular flexibility index (Phi) is 4.81. The van der Waals surface area contributed by atoms with Gasteiger partial charge in [-0.25, -0.2) is 0 Å². The van der Waals surface area contributed by atoms with Crippen LogP contribution in [0, 0.1) is 5.92 Å². The quantitative estimate of drug-likeness (QED) is 0.898. The van der Waals surface area contributed by atoms with E-state index in [0.29, 0.717) is 12.3 Å². The van der Waals surface area contributed by atoms with Crippen LogP contribution in [0.15, 0.2) is 24.3 Å². The van der Waals surface area contributed by atoms with Crippen LogP contribution in [0.3, 0.4) is 0 Å². The second kappa shape index (κ2) is 6.40. The highest BCUT2D eigenvalue weighted by molar-refractivity contribution is 5.88. The lowest BCUT2D eigenvalue weighted by Gasteiger charge is -2.35. The van der Waals surface area contributed by atoms with Crippen LogP contribution in [0.4, 0.5) is 0 Å². The summed E-state index contributed by atoms with van der Waals surface area (Å²) >= 11 is 0. The topological polar surface area (TPSA) is 52.3 Å². The zero-order valence-electron chi connectivity index (χ0n) is 12.5. The van der Waals surface area contributed by atoms with Crippen LogP contribution in [0.1, 0.15) is 44.6 Å². The minimum atomic E-state index is -0.579. The fourth-order valence-corrected chi connectivity index (χ4v) is 3.14. The summed E-state index contributed by atoms with van der Waals surface area (Å²) in [5.74, 6) is 1.63. The van der Waals surface area contributed by atoms with Crippen LogP contribution in [-0.4, -0.2) is 18.4 Å². The van der Waals surface area contributed by atoms with Crippen molar-refractivity contribution < 1.29 is 9.53 Å². The van der Waals surface area contributed by atoms with Gasteiger partial charge in [-0.3, -0.25) is 4.79 Å². The number of rotatable bonds is 5. The second-order valence-electron chi connectivity index (χ2n) is 6.13. The van der Waals surface area contributed by atoms with E-state index in [4.69, 9.17) is 10.5 Å². The third kappa shape index (κ3) is 3.60. The van der Waals surface area contributed by atoms with Gasteiger partial charge in [0.15, 0.2) is 5.78 Å². The summed E-state index contributed by atoms with van der Waals surface area (Å²) in [6.07, 6.45) is 5.26. The van der Waals surface area contributed by atoms with Gasteiger partial charge < -0.3 is 10.5 Å². The number of ketones is 1. The minimum absolute atomic E-state index is 0.222. The molecule has 0 spiro atoms. The normalized spacial score (nSPS) is 26.2. The molecule has 2 unspecified atom stereocenters. The lowest BCUT2D eigenvalue weighted by molar-refractivity contribution is -0.125. The van der Waals surface area contributed by atoms with Gasteiger partial charge in [0.2, 0.25) is 0 Å². The molecule has 1 aromatic rings. The summed E-state index contributed by atoms with van der Waals surface area (Å²) in [7, 11) is 1.65. The van der Waals surface area contributed by atoms with Crippen molar-refractivity contribution in [3.63, 3.8) is 0 Å². The summed E-state index contributed by atoms with van der Waals surface area (Å²) < 4.78 is 5.13. The Morgan fingerprint density at radius 2 is 2.10 bits per heavy atom. The van der Waals surface area contributed by atoms with E-state index in [1.54, 1.807) is 7.11 Å². The monoisotopic (exact) mass is 275 g/mol. The number of Topliss-reactive ketones (excluding diaryl/α,β-unsaturated/α-hetero) is 1. The lowest BCUT2D eigenvalue weighted by atomic mass is 9.73. The maximum absolute atomic E-state index is 12.4. The maximum Gasteiger partial charge on any atom is 0.152 e. The van der Waals surface area contributed by atoms with Crippen molar-refractivity contribution >= 4 is 5.78 Å². The summed E-state index contributed by atoms with van der Waals surface area (Å²) in [4.78, 5) is 12.4. The van der Waals surface area contributed by atoms with E-state index in [1.165, 1.54) is 6.42 Å². The summed E-state index contributed by atoms with van der Waals surface area (Å²) in [6.45, 7) is 2.19. The largest absolute Gasteiger partial charge is 0.497 e. The molecule has 0 heterocycles. The van der Waals surface area contributed by atoms with E-state index in [0.717, 1.165) is 37.0 Å². The number of aryl methyl sites for hydroxylation is 1. The van der Waals surface area contributed by atoms with Crippen molar-refractivity contribution in [2.24, 2.45) is 11.7 Å². The molecule has 20 heavy (non-hydrogen) atoms. The Hall–Kier alpha value is -1.35. The number of nitrogens with two attached hydrogens (primary N) is 1. The number of carbonyl (C=O) groups excluding carboxylic acids is 1. The molecular weight excluding hydrogens is 250 g/mol. The van der Waals surface area contributed by atoms with Crippen molar-refractivity contribution in [1.29, 1.82) is 0 Å². The third-order valence-corrected chi connectivity index (χ3v) is 4.39. The number of hydrogen-bond acceptors (Lipinski definition) is 3. The molecule has 0 aromatic heterocycles. The van der Waals surface area contributed by atoms with Crippen LogP contribution < -0.4 is 10.5 Å². The molecule has 2 N–H and O–H groups in total. The molecule has 110 valence electrons. The van der Waals surface area contributed by atoms with Crippen molar-refractivity contribution in [2.75, 3.05) is 7.11 Å². The Morgan fingerprint density at radius 3 is 2.70 bits per heavy atom. The first-order valence-corrected chi connectivity index (χ1v) is 7.48. The highest BCUT2D eigenvalue weighted by Crippen LogP contribution is 2.32. The third-order valence-electron chi connectivity index (χ3n) is 4.39. The zero-order valence-corrected chi connectivity index (χ0v) is 12.5. The number of methoxy groups -OCH3 is 1. The van der Waals surface area contributed by atoms with Gasteiger partial charge in [-0.2, -0.15) is 0 Å². The molecule has 0 saturated heterocycles. The molecule has 0 bridgehead atoms. The first-order valence-electron chi connectivity index (χ1n) is 7.48. The van der Waals surface area contributed by atoms with Crippen LogP contribution in [0.5, 0.6) is 5.75 Å². The molecular formula is C17H25NO2. The Morgan fingerprint density at radius 1 is 1.40 bits per heavy atom. The molecule has 0 radical (unpaired) electrons. The van der Waals surface area contributed by atoms with E-state index in [-0.39, 0.29) is 5.78 Å². The van der Waals surface area contributed by atoms with Crippen LogP contribution in [0.25, 0.3) is 0 Å². The molecule has 0 amide bonds. The Bertz CT molecular complexity index is 455. The van der Waals surface area contributed by atoms with Crippen LogP contribution >= 0.6 is 0 Å². The average molecular weight is 275 g/mol. The number of hydrogen-bond donors (Lipinski definition) is 1. The number of benzene rings is 1. The summed E-state index contributed by atoms with van der Waals surface area (Å²) in [5, 5.41) is 0. The van der Waals surface area contributed by atoms with Crippen LogP contribution in [-0.2, 0) is 11.2 Å². The standard InChI is InChI=1S/C17H25NO2/c1-13-4-3-11-17(18,12-13)16(19)10-7-14-5-8-15(20-2)9-6-14/h5-6,8-9,13H,3-4,7,10-12,18H2,1-2H3. The maximum atomic E-state index is 12.4. The van der Waals surface area contributed by atoms with Crippen molar-refractivity contribution in [1.82, 2.24) is 0 Å². The smallest absolute Gasteiger partial charge is 0.152 e. The molecule has 2 atom stereocenters. The SMILES string of the molecule is COc1ccc(CCC(=O)C2(N)CCCC(C)C2)cc1. The zero-order chi connectivity index (χ0) is 14.6. The van der Waals surface area contributed by atoms with E-state index >= 15 is 0 Å². The van der Waals surface area contributed by atoms with Gasteiger partial charge in [0, 0.05) is 6.42 Å². The highest BCUT2D eigenvalue weighted by atomic mass is 16.5. The molecule has 2 rings (SSSR count). The van der Waals surface area contributed by atoms with E-state index in [9.17, 15) is 4.79 Å². The molecule has 1 fully saturated rings. The molecule has 1 saturated carbocycles. The fraction of sp³-hybridized carbons (Fsp3) is 0.588. The predicted octanol–water partition coefficient (Wildman–Crippen LogP) is 3.10. The minimum Gasteiger partial charge on any atom is -0.497 e. The second-order valence-corrected chi connectivity index (χ2v) is 6.13. The Labute approximate surface area is 121 Å². The van der Waals surface area contributed by atoms with Crippen molar-refractivity contribution in [2.45, 2.75) is 51.0 Å². The van der Waals surface area contributed by atoms with Crippen molar-refractivity contribution in [3.8, 4) is 5.75 Å². The molecule has 1 aliphatic rings. The first kappa shape index (κ1) is 15.0. The van der Waals surface area contributed by atoms with Gasteiger partial charge in [0.25, 0.3) is 0 Å². The number of carbonyl (C=O) groups is 1. The summed E-state index contributed by atoms with van der Waals surface area (Å²) in [6, 6.07) is 7.89. The van der Waals surface area contributed by atoms with E-state index in [2.05, 4.69) is 6.92 Å². The average Bonchev–Trinajstić information content (AvgIpc) is 2.45. The fourth-order valence-electron chi connectivity index (χ4n) is 3.14. The van der Waals surface area contributed by atoms with Gasteiger partial charge in [0.05, 0.1) is 12.6 Å². The van der Waals surface area contributed by atoms with Gasteiger partial charge in [-0.15, -0.1) is 0 Å². The molecule has 0 aliphatic heterocycles. The Balaban J connectivity index is 1.90. The number of ether oxygens (including phenoxy) is 1. The van der Waals surface area contributed by atoms with Gasteiger partial charge in [-0.05, 0) is 42.9 Å². The molecule has 1 aliphatic carbocycles. The molecule has 1 aromatic carbocycles. The van der Waals surface area contributed by atoms with Crippen molar-refractivity contribution in [3.05, 3.63) is 29.8 Å². The van der Waals surface area contributed by atoms with E-state index in [1.807, 2.05) is 24.3 Å². The first-order chi connectivity index (χ1) is 9.53. The van der Waals surface area contributed by atoms with Crippen LogP contribution in [0.2, 0.25) is 0 Å². The summed E-state index contributed by atoms with van der Waals surface area (Å²) in [5.41, 5.74) is 6.91. The molecule has 3 nitrogen and oxygen atoms in total. The van der Waals surface area contributed by atoms with Gasteiger partial charge in [0.1, 0.15) is 5.75 Å². The highest BCUT2D eigenvalue weighted by Gasteiger charge is 2.36. The molecule has 3 heteroatoms. The van der Waals surface area contributed by atoms with Gasteiger partial charge >= 0.3 is 0 Å².